The maximum absolute atomic E-state index is 12.6. The molecule has 0 bridgehead atoms. The van der Waals surface area contributed by atoms with Crippen LogP contribution in [0.1, 0.15) is 93.9 Å². The summed E-state index contributed by atoms with van der Waals surface area (Å²) in [6, 6.07) is 0. The normalized spacial score (nSPS) is 15.5. The Morgan fingerprint density at radius 1 is 0.583 bits per heavy atom. The minimum Gasteiger partial charge on any atom is -0.469 e. The number of hydrogen-bond acceptors (Lipinski definition) is 8. The molecular formula is C28H48O8. The summed E-state index contributed by atoms with van der Waals surface area (Å²) in [7, 11) is 2.70. The molecule has 0 spiro atoms. The zero-order valence-corrected chi connectivity index (χ0v) is 24.1. The molecule has 0 N–H and O–H groups in total. The summed E-state index contributed by atoms with van der Waals surface area (Å²) < 4.78 is 20.6. The molecule has 2 atom stereocenters. The predicted molar refractivity (Wildman–Crippen MR) is 138 cm³/mol. The Kier molecular flexibility index (Phi) is 13.4. The van der Waals surface area contributed by atoms with Gasteiger partial charge in [0, 0.05) is 0 Å². The molecule has 0 aromatic heterocycles. The third kappa shape index (κ3) is 9.94. The molecule has 0 aromatic rings. The number of ether oxygens (including phenoxy) is 4. The lowest BCUT2D eigenvalue weighted by Crippen LogP contribution is -2.38. The number of carbonyl (C=O) groups is 4. The first kappa shape index (κ1) is 33.6. The molecule has 0 aliphatic rings. The van der Waals surface area contributed by atoms with Crippen molar-refractivity contribution in [3.05, 3.63) is 12.2 Å². The molecule has 0 aliphatic carbocycles. The van der Waals surface area contributed by atoms with Gasteiger partial charge in [-0.15, -0.1) is 0 Å². The van der Waals surface area contributed by atoms with Crippen molar-refractivity contribution in [3.63, 3.8) is 0 Å². The van der Waals surface area contributed by atoms with E-state index in [1.165, 1.54) is 14.2 Å². The van der Waals surface area contributed by atoms with Crippen LogP contribution in [0.4, 0.5) is 0 Å². The predicted octanol–water partition coefficient (Wildman–Crippen LogP) is 5.42. The van der Waals surface area contributed by atoms with E-state index in [9.17, 15) is 19.2 Å². The summed E-state index contributed by atoms with van der Waals surface area (Å²) in [5.41, 5.74) is -3.16. The third-order valence-electron chi connectivity index (χ3n) is 6.89. The fraction of sp³-hybridized carbons (Fsp3) is 0.786. The van der Waals surface area contributed by atoms with Gasteiger partial charge in [-0.2, -0.15) is 0 Å². The van der Waals surface area contributed by atoms with Crippen LogP contribution in [0.15, 0.2) is 12.2 Å². The Hall–Kier alpha value is -2.38. The smallest absolute Gasteiger partial charge is 0.311 e. The average molecular weight is 513 g/mol. The highest BCUT2D eigenvalue weighted by atomic mass is 16.5. The van der Waals surface area contributed by atoms with Crippen molar-refractivity contribution in [2.24, 2.45) is 21.7 Å². The molecule has 0 amide bonds. The first-order valence-electron chi connectivity index (χ1n) is 12.7. The molecule has 0 rings (SSSR count). The van der Waals surface area contributed by atoms with Gasteiger partial charge in [0.2, 0.25) is 0 Å². The van der Waals surface area contributed by atoms with Gasteiger partial charge in [-0.05, 0) is 80.1 Å². The maximum Gasteiger partial charge on any atom is 0.311 e. The van der Waals surface area contributed by atoms with E-state index in [1.807, 2.05) is 26.0 Å². The molecule has 2 unspecified atom stereocenters. The molecule has 0 saturated carbocycles. The van der Waals surface area contributed by atoms with Gasteiger partial charge in [0.05, 0.1) is 49.1 Å². The van der Waals surface area contributed by atoms with Crippen molar-refractivity contribution in [2.75, 3.05) is 27.4 Å². The van der Waals surface area contributed by atoms with Gasteiger partial charge in [-0.1, -0.05) is 26.0 Å². The summed E-state index contributed by atoms with van der Waals surface area (Å²) >= 11 is 0. The van der Waals surface area contributed by atoms with Crippen molar-refractivity contribution in [1.29, 1.82) is 0 Å². The molecule has 0 aliphatic heterocycles. The van der Waals surface area contributed by atoms with Gasteiger partial charge >= 0.3 is 23.9 Å². The standard InChI is InChI=1S/C28H48O8/c1-11-27(7,23(31)33-9)19-25(3,4)21(29)35-17-15-13-14-16-18-36-22(30)26(5,6)20-28(8,12-2)24(32)34-10/h13-14H,11-12,15-20H2,1-10H3/b14-13+. The van der Waals surface area contributed by atoms with E-state index in [0.717, 1.165) is 0 Å². The van der Waals surface area contributed by atoms with Crippen LogP contribution in [0.3, 0.4) is 0 Å². The van der Waals surface area contributed by atoms with E-state index in [2.05, 4.69) is 0 Å². The van der Waals surface area contributed by atoms with Crippen LogP contribution in [-0.4, -0.2) is 51.3 Å². The van der Waals surface area contributed by atoms with Gasteiger partial charge in [0.1, 0.15) is 0 Å². The first-order chi connectivity index (χ1) is 16.5. The molecule has 0 saturated heterocycles. The summed E-state index contributed by atoms with van der Waals surface area (Å²) in [6.45, 7) is 14.9. The van der Waals surface area contributed by atoms with Gasteiger partial charge in [-0.3, -0.25) is 19.2 Å². The van der Waals surface area contributed by atoms with E-state index in [1.54, 1.807) is 41.5 Å². The number of methoxy groups -OCH3 is 2. The molecule has 0 aromatic carbocycles. The number of hydrogen-bond donors (Lipinski definition) is 0. The van der Waals surface area contributed by atoms with Crippen molar-refractivity contribution in [2.45, 2.75) is 93.9 Å². The maximum atomic E-state index is 12.6. The van der Waals surface area contributed by atoms with Crippen LogP contribution in [0.5, 0.6) is 0 Å². The second-order valence-corrected chi connectivity index (χ2v) is 11.3. The summed E-state index contributed by atoms with van der Waals surface area (Å²) in [6.07, 6.45) is 6.57. The Labute approximate surface area is 217 Å². The Morgan fingerprint density at radius 2 is 0.889 bits per heavy atom. The highest BCUT2D eigenvalue weighted by Gasteiger charge is 2.43. The summed E-state index contributed by atoms with van der Waals surface area (Å²) in [4.78, 5) is 49.4. The fourth-order valence-corrected chi connectivity index (χ4v) is 4.34. The lowest BCUT2D eigenvalue weighted by atomic mass is 9.72. The van der Waals surface area contributed by atoms with Crippen molar-refractivity contribution in [1.82, 2.24) is 0 Å². The lowest BCUT2D eigenvalue weighted by molar-refractivity contribution is -0.162. The highest BCUT2D eigenvalue weighted by Crippen LogP contribution is 2.39. The van der Waals surface area contributed by atoms with Crippen LogP contribution in [0.2, 0.25) is 0 Å². The van der Waals surface area contributed by atoms with Gasteiger partial charge in [0.15, 0.2) is 0 Å². The van der Waals surface area contributed by atoms with Crippen molar-refractivity contribution >= 4 is 23.9 Å². The zero-order valence-electron chi connectivity index (χ0n) is 24.1. The molecule has 0 radical (unpaired) electrons. The van der Waals surface area contributed by atoms with Crippen molar-refractivity contribution in [3.8, 4) is 0 Å². The first-order valence-corrected chi connectivity index (χ1v) is 12.7. The fourth-order valence-electron chi connectivity index (χ4n) is 4.34. The van der Waals surface area contributed by atoms with Crippen LogP contribution >= 0.6 is 0 Å². The molecule has 8 nitrogen and oxygen atoms in total. The van der Waals surface area contributed by atoms with Gasteiger partial charge < -0.3 is 18.9 Å². The summed E-state index contributed by atoms with van der Waals surface area (Å²) in [5, 5.41) is 0. The third-order valence-corrected chi connectivity index (χ3v) is 6.89. The number of esters is 4. The molecule has 0 fully saturated rings. The second-order valence-electron chi connectivity index (χ2n) is 11.3. The average Bonchev–Trinajstić information content (AvgIpc) is 2.83. The minimum absolute atomic E-state index is 0.218. The van der Waals surface area contributed by atoms with E-state index in [4.69, 9.17) is 18.9 Å². The lowest BCUT2D eigenvalue weighted by Gasteiger charge is -2.33. The van der Waals surface area contributed by atoms with E-state index >= 15 is 0 Å². The van der Waals surface area contributed by atoms with Gasteiger partial charge in [0.25, 0.3) is 0 Å². The highest BCUT2D eigenvalue weighted by molar-refractivity contribution is 5.81. The quantitative estimate of drug-likeness (QED) is 0.117. The molecule has 0 heterocycles. The van der Waals surface area contributed by atoms with Crippen LogP contribution < -0.4 is 0 Å². The van der Waals surface area contributed by atoms with Crippen LogP contribution in [0, 0.1) is 21.7 Å². The summed E-state index contributed by atoms with van der Waals surface area (Å²) in [5.74, 6) is -1.38. The number of carbonyl (C=O) groups excluding carboxylic acids is 4. The number of rotatable bonds is 16. The Morgan fingerprint density at radius 3 is 1.14 bits per heavy atom. The van der Waals surface area contributed by atoms with E-state index in [0.29, 0.717) is 38.5 Å². The van der Waals surface area contributed by atoms with E-state index < -0.39 is 21.7 Å². The SMILES string of the molecule is CCC(C)(CC(C)(C)C(=O)OCC/C=C/CCOC(=O)C(C)(C)CC(C)(CC)C(=O)OC)C(=O)OC. The van der Waals surface area contributed by atoms with Gasteiger partial charge in [-0.25, -0.2) is 0 Å². The van der Waals surface area contributed by atoms with E-state index in [-0.39, 0.29) is 37.1 Å². The molecular weight excluding hydrogens is 464 g/mol. The van der Waals surface area contributed by atoms with Crippen molar-refractivity contribution < 1.29 is 38.1 Å². The Balaban J connectivity index is 4.52. The van der Waals surface area contributed by atoms with Crippen LogP contribution in [0.25, 0.3) is 0 Å². The Bertz CT molecular complexity index is 718. The largest absolute Gasteiger partial charge is 0.469 e. The second kappa shape index (κ2) is 14.4. The minimum atomic E-state index is -0.828. The monoisotopic (exact) mass is 512 g/mol. The zero-order chi connectivity index (χ0) is 28.2. The topological polar surface area (TPSA) is 105 Å². The molecule has 36 heavy (non-hydrogen) atoms. The molecule has 208 valence electrons. The van der Waals surface area contributed by atoms with Crippen LogP contribution in [-0.2, 0) is 38.1 Å². The molecule has 8 heteroatoms.